The second-order valence-corrected chi connectivity index (χ2v) is 15.6. The minimum absolute atomic E-state index is 0.620. The third kappa shape index (κ3) is 3.93. The smallest absolute Gasteiger partial charge is 0.227 e. The van der Waals surface area contributed by atoms with Crippen molar-refractivity contribution >= 4 is 29.5 Å². The van der Waals surface area contributed by atoms with Crippen LogP contribution in [0.1, 0.15) is 0 Å². The molecule has 0 bridgehead atoms. The van der Waals surface area contributed by atoms with Gasteiger partial charge >= 0.3 is 0 Å². The average molecular weight is 558 g/mol. The van der Waals surface area contributed by atoms with Crippen molar-refractivity contribution in [2.24, 2.45) is 0 Å². The van der Waals surface area contributed by atoms with Gasteiger partial charge in [-0.3, -0.25) is 0 Å². The van der Waals surface area contributed by atoms with Gasteiger partial charge in [-0.25, -0.2) is 15.0 Å². The standard InChI is InChI=1S/C37H27N3OSi/c1-42(2)32-21-9-6-18-29(32)34-35(42)33(24-12-4-3-5-13-24)39-36(40-34)27-16-10-14-25(22-27)26-15-11-17-28(23-26)37-38-30-19-7-8-20-31(30)41-37/h3-23H,1-2H3. The normalized spacial score (nSPS) is 13.2. The van der Waals surface area contributed by atoms with Crippen molar-refractivity contribution in [2.45, 2.75) is 13.1 Å². The van der Waals surface area contributed by atoms with Gasteiger partial charge < -0.3 is 4.42 Å². The lowest BCUT2D eigenvalue weighted by Gasteiger charge is -2.21. The molecule has 1 aliphatic heterocycles. The molecule has 7 aromatic rings. The van der Waals surface area contributed by atoms with Gasteiger partial charge in [0.15, 0.2) is 11.4 Å². The number of hydrogen-bond donors (Lipinski definition) is 0. The van der Waals surface area contributed by atoms with Crippen molar-refractivity contribution in [1.82, 2.24) is 15.0 Å². The highest BCUT2D eigenvalue weighted by molar-refractivity contribution is 7.04. The van der Waals surface area contributed by atoms with Crippen molar-refractivity contribution in [3.63, 3.8) is 0 Å². The van der Waals surface area contributed by atoms with Crippen LogP contribution in [0.15, 0.2) is 132 Å². The van der Waals surface area contributed by atoms with Gasteiger partial charge in [-0.05, 0) is 57.4 Å². The molecule has 42 heavy (non-hydrogen) atoms. The second kappa shape index (κ2) is 9.47. The quantitative estimate of drug-likeness (QED) is 0.205. The van der Waals surface area contributed by atoms with E-state index in [0.717, 1.165) is 56.1 Å². The van der Waals surface area contributed by atoms with Crippen LogP contribution in [-0.4, -0.2) is 23.0 Å². The van der Waals surface area contributed by atoms with E-state index in [-0.39, 0.29) is 0 Å². The van der Waals surface area contributed by atoms with E-state index >= 15 is 0 Å². The van der Waals surface area contributed by atoms with Crippen LogP contribution in [0.2, 0.25) is 13.1 Å². The lowest BCUT2D eigenvalue weighted by molar-refractivity contribution is 0.620. The van der Waals surface area contributed by atoms with Crippen LogP contribution in [0, 0.1) is 0 Å². The van der Waals surface area contributed by atoms with Gasteiger partial charge in [-0.1, -0.05) is 110 Å². The van der Waals surface area contributed by atoms with Gasteiger partial charge in [0.05, 0.1) is 11.4 Å². The largest absolute Gasteiger partial charge is 0.436 e. The molecule has 0 saturated heterocycles. The fourth-order valence-electron chi connectivity index (χ4n) is 6.22. The predicted octanol–water partition coefficient (Wildman–Crippen LogP) is 8.09. The first-order valence-electron chi connectivity index (χ1n) is 14.2. The topological polar surface area (TPSA) is 51.8 Å². The second-order valence-electron chi connectivity index (χ2n) is 11.3. The highest BCUT2D eigenvalue weighted by Crippen LogP contribution is 2.35. The van der Waals surface area contributed by atoms with Crippen molar-refractivity contribution in [3.05, 3.63) is 127 Å². The van der Waals surface area contributed by atoms with Gasteiger partial charge in [-0.15, -0.1) is 0 Å². The summed E-state index contributed by atoms with van der Waals surface area (Å²) < 4.78 is 6.05. The summed E-state index contributed by atoms with van der Waals surface area (Å²) >= 11 is 0. The van der Waals surface area contributed by atoms with E-state index in [1.165, 1.54) is 15.9 Å². The summed E-state index contributed by atoms with van der Waals surface area (Å²) in [5.41, 5.74) is 10.3. The van der Waals surface area contributed by atoms with Gasteiger partial charge in [0, 0.05) is 16.7 Å². The molecule has 5 heteroatoms. The fourth-order valence-corrected chi connectivity index (χ4v) is 9.45. The van der Waals surface area contributed by atoms with Gasteiger partial charge in [0.25, 0.3) is 0 Å². The third-order valence-electron chi connectivity index (χ3n) is 8.29. The van der Waals surface area contributed by atoms with Crippen LogP contribution in [-0.2, 0) is 0 Å². The molecule has 0 amide bonds. The maximum atomic E-state index is 6.05. The van der Waals surface area contributed by atoms with Crippen LogP contribution >= 0.6 is 0 Å². The summed E-state index contributed by atoms with van der Waals surface area (Å²) in [4.78, 5) is 15.3. The summed E-state index contributed by atoms with van der Waals surface area (Å²) in [5, 5.41) is 2.74. The number of oxazole rings is 1. The summed E-state index contributed by atoms with van der Waals surface area (Å²) in [6.07, 6.45) is 0. The molecule has 2 aromatic heterocycles. The lowest BCUT2D eigenvalue weighted by atomic mass is 10.0. The molecular formula is C37H27N3OSi. The Hall–Kier alpha value is -5.13. The van der Waals surface area contributed by atoms with Crippen LogP contribution in [0.5, 0.6) is 0 Å². The molecule has 0 N–H and O–H groups in total. The number of benzene rings is 5. The Morgan fingerprint density at radius 1 is 0.524 bits per heavy atom. The minimum Gasteiger partial charge on any atom is -0.436 e. The zero-order valence-electron chi connectivity index (χ0n) is 23.4. The Morgan fingerprint density at radius 2 is 1.14 bits per heavy atom. The molecule has 1 aliphatic rings. The van der Waals surface area contributed by atoms with Crippen LogP contribution in [0.4, 0.5) is 0 Å². The SMILES string of the molecule is C[Si]1(C)c2ccccc2-c2nc(-c3cccc(-c4cccc(-c5nc6ccccc6o5)c4)c3)nc(-c3ccccc3)c21. The highest BCUT2D eigenvalue weighted by Gasteiger charge is 2.41. The Labute approximate surface area is 245 Å². The van der Waals surface area contributed by atoms with Crippen LogP contribution < -0.4 is 10.4 Å². The van der Waals surface area contributed by atoms with Crippen LogP contribution in [0.3, 0.4) is 0 Å². The molecule has 0 spiro atoms. The number of rotatable bonds is 4. The molecule has 3 heterocycles. The third-order valence-corrected chi connectivity index (χ3v) is 11.8. The molecule has 0 atom stereocenters. The van der Waals surface area contributed by atoms with E-state index < -0.39 is 8.07 Å². The number of para-hydroxylation sites is 2. The van der Waals surface area contributed by atoms with E-state index in [2.05, 4.69) is 110 Å². The summed E-state index contributed by atoms with van der Waals surface area (Å²) in [6.45, 7) is 4.83. The zero-order chi connectivity index (χ0) is 28.3. The maximum absolute atomic E-state index is 6.05. The summed E-state index contributed by atoms with van der Waals surface area (Å²) in [6, 6.07) is 44.0. The van der Waals surface area contributed by atoms with E-state index in [9.17, 15) is 0 Å². The number of fused-ring (bicyclic) bond motifs is 4. The maximum Gasteiger partial charge on any atom is 0.227 e. The average Bonchev–Trinajstić information content (AvgIpc) is 3.58. The summed E-state index contributed by atoms with van der Waals surface area (Å²) in [5.74, 6) is 1.36. The molecule has 0 fully saturated rings. The number of aromatic nitrogens is 3. The molecule has 4 nitrogen and oxygen atoms in total. The number of hydrogen-bond acceptors (Lipinski definition) is 4. The van der Waals surface area contributed by atoms with Gasteiger partial charge in [0.2, 0.25) is 5.89 Å². The Morgan fingerprint density at radius 3 is 1.95 bits per heavy atom. The van der Waals surface area contributed by atoms with E-state index in [1.54, 1.807) is 0 Å². The van der Waals surface area contributed by atoms with Gasteiger partial charge in [-0.2, -0.15) is 0 Å². The van der Waals surface area contributed by atoms with E-state index in [1.807, 2.05) is 30.3 Å². The molecule has 5 aromatic carbocycles. The first kappa shape index (κ1) is 24.6. The van der Waals surface area contributed by atoms with Crippen molar-refractivity contribution in [3.8, 4) is 56.5 Å². The molecule has 0 radical (unpaired) electrons. The number of nitrogens with zero attached hydrogens (tertiary/aromatic N) is 3. The molecule has 200 valence electrons. The molecule has 0 aliphatic carbocycles. The van der Waals surface area contributed by atoms with E-state index in [0.29, 0.717) is 5.89 Å². The monoisotopic (exact) mass is 557 g/mol. The van der Waals surface area contributed by atoms with Crippen molar-refractivity contribution in [2.75, 3.05) is 0 Å². The van der Waals surface area contributed by atoms with Crippen LogP contribution in [0.25, 0.3) is 67.6 Å². The molecular weight excluding hydrogens is 531 g/mol. The Kier molecular flexibility index (Phi) is 5.56. The van der Waals surface area contributed by atoms with Gasteiger partial charge in [0.1, 0.15) is 13.6 Å². The lowest BCUT2D eigenvalue weighted by Crippen LogP contribution is -2.50. The minimum atomic E-state index is -1.99. The Bertz CT molecular complexity index is 2100. The zero-order valence-corrected chi connectivity index (χ0v) is 24.4. The first-order valence-corrected chi connectivity index (χ1v) is 17.2. The van der Waals surface area contributed by atoms with E-state index in [4.69, 9.17) is 19.4 Å². The first-order chi connectivity index (χ1) is 20.6. The highest BCUT2D eigenvalue weighted by atomic mass is 28.3. The fraction of sp³-hybridized carbons (Fsp3) is 0.0541. The molecule has 0 unspecified atom stereocenters. The Balaban J connectivity index is 1.26. The predicted molar refractivity (Wildman–Crippen MR) is 174 cm³/mol. The summed E-state index contributed by atoms with van der Waals surface area (Å²) in [7, 11) is -1.99. The van der Waals surface area contributed by atoms with Crippen molar-refractivity contribution < 1.29 is 4.42 Å². The van der Waals surface area contributed by atoms with Crippen molar-refractivity contribution in [1.29, 1.82) is 0 Å². The molecule has 8 rings (SSSR count). The molecule has 0 saturated carbocycles.